The van der Waals surface area contributed by atoms with Crippen LogP contribution >= 0.6 is 0 Å². The van der Waals surface area contributed by atoms with Crippen LogP contribution in [-0.2, 0) is 0 Å². The lowest BCUT2D eigenvalue weighted by atomic mass is 10.0. The van der Waals surface area contributed by atoms with E-state index in [1.54, 1.807) is 0 Å². The number of aromatic nitrogens is 7. The lowest BCUT2D eigenvalue weighted by molar-refractivity contribution is 0.987. The van der Waals surface area contributed by atoms with E-state index in [-0.39, 0.29) is 0 Å². The predicted octanol–water partition coefficient (Wildman–Crippen LogP) is 11.9. The molecule has 12 rings (SSSR count). The smallest absolute Gasteiger partial charge is 0.253 e. The van der Waals surface area contributed by atoms with Crippen LogP contribution < -0.4 is 0 Å². The van der Waals surface area contributed by atoms with E-state index in [4.69, 9.17) is 15.1 Å². The van der Waals surface area contributed by atoms with Gasteiger partial charge in [0, 0.05) is 44.3 Å². The third-order valence-electron chi connectivity index (χ3n) is 11.2. The molecule has 0 N–H and O–H groups in total. The lowest BCUT2D eigenvalue weighted by Gasteiger charge is -2.12. The molecule has 12 aromatic rings. The van der Waals surface area contributed by atoms with Crippen molar-refractivity contribution in [3.05, 3.63) is 188 Å². The van der Waals surface area contributed by atoms with E-state index in [9.17, 15) is 0 Å². The lowest BCUT2D eigenvalue weighted by Crippen LogP contribution is -1.98. The molecule has 57 heavy (non-hydrogen) atoms. The van der Waals surface area contributed by atoms with Crippen molar-refractivity contribution in [1.29, 1.82) is 0 Å². The van der Waals surface area contributed by atoms with Gasteiger partial charge in [-0.15, -0.1) is 5.10 Å². The quantitative estimate of drug-likeness (QED) is 0.177. The topological polar surface area (TPSA) is 65.8 Å². The van der Waals surface area contributed by atoms with Crippen LogP contribution in [0.5, 0.6) is 0 Å². The Bertz CT molecular complexity index is 3520. The Kier molecular flexibility index (Phi) is 6.79. The molecule has 0 amide bonds. The molecule has 0 saturated carbocycles. The number of para-hydroxylation sites is 4. The second-order valence-electron chi connectivity index (χ2n) is 14.4. The highest BCUT2D eigenvalue weighted by Gasteiger charge is 2.21. The van der Waals surface area contributed by atoms with Gasteiger partial charge in [-0.1, -0.05) is 109 Å². The van der Waals surface area contributed by atoms with Gasteiger partial charge in [-0.3, -0.25) is 4.98 Å². The maximum Gasteiger partial charge on any atom is 0.253 e. The van der Waals surface area contributed by atoms with Gasteiger partial charge in [-0.05, 0) is 77.9 Å². The molecule has 0 aliphatic rings. The van der Waals surface area contributed by atoms with Crippen molar-refractivity contribution in [1.82, 2.24) is 33.7 Å². The zero-order valence-electron chi connectivity index (χ0n) is 30.5. The number of hydrogen-bond acceptors (Lipinski definition) is 4. The van der Waals surface area contributed by atoms with Crippen molar-refractivity contribution in [2.24, 2.45) is 0 Å². The Balaban J connectivity index is 1.03. The number of pyridine rings is 1. The molecule has 0 bridgehead atoms. The summed E-state index contributed by atoms with van der Waals surface area (Å²) in [5.74, 6) is 1.18. The number of nitrogens with zero attached hydrogens (tertiary/aromatic N) is 7. The number of benzene rings is 7. The summed E-state index contributed by atoms with van der Waals surface area (Å²) in [4.78, 5) is 14.6. The summed E-state index contributed by atoms with van der Waals surface area (Å²) in [6.07, 6.45) is 3.74. The minimum atomic E-state index is 0.560. The minimum Gasteiger partial charge on any atom is -0.309 e. The molecule has 7 nitrogen and oxygen atoms in total. The van der Waals surface area contributed by atoms with Crippen molar-refractivity contribution >= 4 is 60.3 Å². The summed E-state index contributed by atoms with van der Waals surface area (Å²) in [6.45, 7) is 0. The molecule has 0 aliphatic carbocycles. The summed E-state index contributed by atoms with van der Waals surface area (Å²) < 4.78 is 6.52. The van der Waals surface area contributed by atoms with E-state index in [1.807, 2.05) is 53.3 Å². The second kappa shape index (κ2) is 12.3. The summed E-state index contributed by atoms with van der Waals surface area (Å²) in [6, 6.07) is 62.0. The van der Waals surface area contributed by atoms with Crippen LogP contribution in [0.4, 0.5) is 0 Å². The van der Waals surface area contributed by atoms with E-state index in [0.717, 1.165) is 66.7 Å². The summed E-state index contributed by atoms with van der Waals surface area (Å²) in [5, 5.41) is 10.9. The molecule has 0 fully saturated rings. The standard InChI is InChI=1S/C50H31N7/c1-2-13-32(14-3-1)48-38-18-6-11-23-47(38)57-50(52-48)53-49(54-57)39-19-7-10-22-44(39)56-43-21-9-5-17-37(43)41-30-34(25-27-46(41)56)33-24-26-45-40(29-33)36-16-4-8-20-42(36)55(45)35-15-12-28-51-31-35/h1-31H. The van der Waals surface area contributed by atoms with Gasteiger partial charge >= 0.3 is 0 Å². The first-order valence-corrected chi connectivity index (χ1v) is 19.1. The third-order valence-corrected chi connectivity index (χ3v) is 11.2. The fourth-order valence-corrected chi connectivity index (χ4v) is 8.67. The van der Waals surface area contributed by atoms with Gasteiger partial charge in [0.1, 0.15) is 0 Å². The van der Waals surface area contributed by atoms with Crippen LogP contribution in [0, 0.1) is 0 Å². The Morgan fingerprint density at radius 1 is 0.404 bits per heavy atom. The highest BCUT2D eigenvalue weighted by atomic mass is 15.3. The molecule has 0 saturated heterocycles. The Morgan fingerprint density at radius 2 is 1.00 bits per heavy atom. The number of hydrogen-bond donors (Lipinski definition) is 0. The van der Waals surface area contributed by atoms with Crippen LogP contribution in [0.3, 0.4) is 0 Å². The maximum atomic E-state index is 5.12. The van der Waals surface area contributed by atoms with Crippen molar-refractivity contribution in [2.45, 2.75) is 0 Å². The molecule has 7 heteroatoms. The molecule has 0 unspecified atom stereocenters. The van der Waals surface area contributed by atoms with Crippen molar-refractivity contribution in [2.75, 3.05) is 0 Å². The zero-order valence-corrected chi connectivity index (χ0v) is 30.5. The van der Waals surface area contributed by atoms with Crippen LogP contribution in [0.1, 0.15) is 0 Å². The third kappa shape index (κ3) is 4.79. The van der Waals surface area contributed by atoms with Crippen LogP contribution in [0.25, 0.3) is 105 Å². The van der Waals surface area contributed by atoms with Crippen molar-refractivity contribution < 1.29 is 0 Å². The van der Waals surface area contributed by atoms with Gasteiger partial charge in [-0.2, -0.15) is 9.50 Å². The molecule has 266 valence electrons. The van der Waals surface area contributed by atoms with Crippen LogP contribution in [0.2, 0.25) is 0 Å². The number of fused-ring (bicyclic) bond motifs is 9. The van der Waals surface area contributed by atoms with Gasteiger partial charge < -0.3 is 9.13 Å². The van der Waals surface area contributed by atoms with Gasteiger partial charge in [0.25, 0.3) is 5.78 Å². The summed E-state index contributed by atoms with van der Waals surface area (Å²) in [7, 11) is 0. The van der Waals surface area contributed by atoms with Crippen LogP contribution in [-0.4, -0.2) is 33.7 Å². The summed E-state index contributed by atoms with van der Waals surface area (Å²) in [5.41, 5.74) is 12.7. The van der Waals surface area contributed by atoms with Gasteiger partial charge in [-0.25, -0.2) is 4.98 Å². The molecular weight excluding hydrogens is 699 g/mol. The molecule has 5 aromatic heterocycles. The van der Waals surface area contributed by atoms with E-state index >= 15 is 0 Å². The van der Waals surface area contributed by atoms with Crippen LogP contribution in [0.15, 0.2) is 188 Å². The van der Waals surface area contributed by atoms with E-state index in [2.05, 4.69) is 154 Å². The van der Waals surface area contributed by atoms with Crippen molar-refractivity contribution in [3.63, 3.8) is 0 Å². The SMILES string of the molecule is c1ccc(-c2nc3nc(-c4ccccc4-n4c5ccccc5c5cc(-c6ccc7c(c6)c6ccccc6n7-c6cccnc6)ccc54)nn3c3ccccc23)cc1. The number of rotatable bonds is 5. The zero-order chi connectivity index (χ0) is 37.5. The fourth-order valence-electron chi connectivity index (χ4n) is 8.67. The largest absolute Gasteiger partial charge is 0.309 e. The minimum absolute atomic E-state index is 0.560. The molecular formula is C50H31N7. The monoisotopic (exact) mass is 729 g/mol. The highest BCUT2D eigenvalue weighted by molar-refractivity contribution is 6.13. The predicted molar refractivity (Wildman–Crippen MR) is 231 cm³/mol. The average molecular weight is 730 g/mol. The first-order chi connectivity index (χ1) is 28.3. The van der Waals surface area contributed by atoms with E-state index in [0.29, 0.717) is 11.6 Å². The second-order valence-corrected chi connectivity index (χ2v) is 14.4. The van der Waals surface area contributed by atoms with Gasteiger partial charge in [0.15, 0.2) is 5.82 Å². The normalized spacial score (nSPS) is 11.9. The Morgan fingerprint density at radius 3 is 1.72 bits per heavy atom. The maximum absolute atomic E-state index is 5.12. The fraction of sp³-hybridized carbons (Fsp3) is 0. The molecule has 0 atom stereocenters. The Hall–Kier alpha value is -7.90. The summed E-state index contributed by atoms with van der Waals surface area (Å²) >= 11 is 0. The molecule has 0 radical (unpaired) electrons. The first-order valence-electron chi connectivity index (χ1n) is 19.1. The highest BCUT2D eigenvalue weighted by Crippen LogP contribution is 2.40. The van der Waals surface area contributed by atoms with E-state index < -0.39 is 0 Å². The van der Waals surface area contributed by atoms with Crippen molar-refractivity contribution in [3.8, 4) is 45.1 Å². The average Bonchev–Trinajstić information content (AvgIpc) is 3.97. The molecule has 0 aliphatic heterocycles. The van der Waals surface area contributed by atoms with E-state index in [1.165, 1.54) is 27.1 Å². The molecule has 0 spiro atoms. The molecule has 5 heterocycles. The first kappa shape index (κ1) is 31.5. The van der Waals surface area contributed by atoms with Gasteiger partial charge in [0.2, 0.25) is 0 Å². The van der Waals surface area contributed by atoms with Gasteiger partial charge in [0.05, 0.1) is 50.8 Å². The molecule has 7 aromatic carbocycles. The Labute approximate surface area is 326 Å².